The Hall–Kier alpha value is -3.02. The second-order valence-corrected chi connectivity index (χ2v) is 5.72. The summed E-state index contributed by atoms with van der Waals surface area (Å²) >= 11 is 0. The quantitative estimate of drug-likeness (QED) is 0.869. The molecule has 6 heteroatoms. The zero-order chi connectivity index (χ0) is 17.8. The van der Waals surface area contributed by atoms with Gasteiger partial charge in [-0.05, 0) is 42.7 Å². The van der Waals surface area contributed by atoms with Crippen LogP contribution in [0.4, 0.5) is 16.2 Å². The van der Waals surface area contributed by atoms with Crippen LogP contribution in [-0.2, 0) is 11.2 Å². The first kappa shape index (κ1) is 16.8. The van der Waals surface area contributed by atoms with Crippen LogP contribution in [0.25, 0.3) is 0 Å². The Morgan fingerprint density at radius 2 is 1.92 bits per heavy atom. The predicted octanol–water partition coefficient (Wildman–Crippen LogP) is 3.47. The maximum absolute atomic E-state index is 12.8. The van der Waals surface area contributed by atoms with E-state index in [1.807, 2.05) is 24.3 Å². The van der Waals surface area contributed by atoms with Gasteiger partial charge in [0.25, 0.3) is 0 Å². The van der Waals surface area contributed by atoms with E-state index in [1.165, 1.54) is 14.2 Å². The standard InChI is InChI=1S/C19H20N2O4/c1-24-17-10-9-14(18(22)25-2)12-15(17)20-19(23)21-11-5-7-13-6-3-4-8-16(13)21/h3-4,6,8-10,12H,5,7,11H2,1-2H3,(H,20,23). The highest BCUT2D eigenvalue weighted by Crippen LogP contribution is 2.30. The summed E-state index contributed by atoms with van der Waals surface area (Å²) in [7, 11) is 2.83. The molecule has 0 saturated carbocycles. The van der Waals surface area contributed by atoms with E-state index in [4.69, 9.17) is 9.47 Å². The first-order valence-corrected chi connectivity index (χ1v) is 8.07. The number of nitrogens with zero attached hydrogens (tertiary/aromatic N) is 1. The lowest BCUT2D eigenvalue weighted by molar-refractivity contribution is 0.0600. The molecule has 0 fully saturated rings. The van der Waals surface area contributed by atoms with Crippen molar-refractivity contribution in [3.63, 3.8) is 0 Å². The Morgan fingerprint density at radius 1 is 1.12 bits per heavy atom. The number of carbonyl (C=O) groups is 2. The van der Waals surface area contributed by atoms with E-state index in [0.717, 1.165) is 24.1 Å². The first-order chi connectivity index (χ1) is 12.1. The highest BCUT2D eigenvalue weighted by atomic mass is 16.5. The Labute approximate surface area is 146 Å². The molecule has 6 nitrogen and oxygen atoms in total. The average molecular weight is 340 g/mol. The molecule has 0 radical (unpaired) electrons. The number of benzene rings is 2. The van der Waals surface area contributed by atoms with E-state index in [1.54, 1.807) is 23.1 Å². The van der Waals surface area contributed by atoms with Gasteiger partial charge < -0.3 is 14.8 Å². The van der Waals surface area contributed by atoms with Gasteiger partial charge in [0.1, 0.15) is 5.75 Å². The molecule has 0 bridgehead atoms. The lowest BCUT2D eigenvalue weighted by atomic mass is 10.0. The van der Waals surface area contributed by atoms with Gasteiger partial charge in [0.2, 0.25) is 0 Å². The van der Waals surface area contributed by atoms with Crippen molar-refractivity contribution in [2.75, 3.05) is 31.0 Å². The number of hydrogen-bond donors (Lipinski definition) is 1. The maximum atomic E-state index is 12.8. The molecule has 0 atom stereocenters. The fourth-order valence-corrected chi connectivity index (χ4v) is 2.98. The summed E-state index contributed by atoms with van der Waals surface area (Å²) in [5, 5.41) is 2.85. The van der Waals surface area contributed by atoms with E-state index < -0.39 is 5.97 Å². The largest absolute Gasteiger partial charge is 0.495 e. The third-order valence-electron chi connectivity index (χ3n) is 4.22. The van der Waals surface area contributed by atoms with Crippen LogP contribution >= 0.6 is 0 Å². The Bertz CT molecular complexity index is 804. The molecule has 130 valence electrons. The van der Waals surface area contributed by atoms with Crippen LogP contribution in [-0.4, -0.2) is 32.8 Å². The number of ether oxygens (including phenoxy) is 2. The third-order valence-corrected chi connectivity index (χ3v) is 4.22. The van der Waals surface area contributed by atoms with Crippen LogP contribution in [0.15, 0.2) is 42.5 Å². The molecule has 1 aliphatic heterocycles. The van der Waals surface area contributed by atoms with Gasteiger partial charge in [-0.3, -0.25) is 4.90 Å². The van der Waals surface area contributed by atoms with Gasteiger partial charge in [-0.1, -0.05) is 18.2 Å². The SMILES string of the molecule is COC(=O)c1ccc(OC)c(NC(=O)N2CCCc3ccccc32)c1. The van der Waals surface area contributed by atoms with Gasteiger partial charge in [0.15, 0.2) is 0 Å². The lowest BCUT2D eigenvalue weighted by Crippen LogP contribution is -2.38. The van der Waals surface area contributed by atoms with Crippen molar-refractivity contribution >= 4 is 23.4 Å². The number of anilines is 2. The molecular weight excluding hydrogens is 320 g/mol. The van der Waals surface area contributed by atoms with Crippen LogP contribution in [0.1, 0.15) is 22.3 Å². The predicted molar refractivity (Wildman–Crippen MR) is 95.5 cm³/mol. The van der Waals surface area contributed by atoms with E-state index >= 15 is 0 Å². The molecular formula is C19H20N2O4. The van der Waals surface area contributed by atoms with E-state index in [2.05, 4.69) is 5.32 Å². The van der Waals surface area contributed by atoms with E-state index in [-0.39, 0.29) is 6.03 Å². The number of rotatable bonds is 3. The number of carbonyl (C=O) groups excluding carboxylic acids is 2. The molecule has 2 aromatic rings. The minimum atomic E-state index is -0.471. The van der Waals surface area contributed by atoms with Crippen molar-refractivity contribution < 1.29 is 19.1 Å². The van der Waals surface area contributed by atoms with Crippen LogP contribution in [0.3, 0.4) is 0 Å². The maximum Gasteiger partial charge on any atom is 0.337 e. The van der Waals surface area contributed by atoms with Crippen molar-refractivity contribution in [1.29, 1.82) is 0 Å². The third kappa shape index (κ3) is 3.42. The summed E-state index contributed by atoms with van der Waals surface area (Å²) in [5.74, 6) is 0.00719. The molecule has 1 N–H and O–H groups in total. The zero-order valence-electron chi connectivity index (χ0n) is 14.2. The summed E-state index contributed by atoms with van der Waals surface area (Å²) in [6, 6.07) is 12.4. The topological polar surface area (TPSA) is 67.9 Å². The summed E-state index contributed by atoms with van der Waals surface area (Å²) in [4.78, 5) is 26.2. The summed E-state index contributed by atoms with van der Waals surface area (Å²) < 4.78 is 10.0. The van der Waals surface area contributed by atoms with Crippen LogP contribution in [0.5, 0.6) is 5.75 Å². The van der Waals surface area contributed by atoms with E-state index in [0.29, 0.717) is 23.5 Å². The highest BCUT2D eigenvalue weighted by Gasteiger charge is 2.23. The fourth-order valence-electron chi connectivity index (χ4n) is 2.98. The molecule has 0 unspecified atom stereocenters. The summed E-state index contributed by atoms with van der Waals surface area (Å²) in [6.07, 6.45) is 1.87. The van der Waals surface area contributed by atoms with Gasteiger partial charge in [-0.25, -0.2) is 9.59 Å². The highest BCUT2D eigenvalue weighted by molar-refractivity contribution is 6.04. The van der Waals surface area contributed by atoms with Gasteiger partial charge in [-0.2, -0.15) is 0 Å². The molecule has 2 aromatic carbocycles. The van der Waals surface area contributed by atoms with Crippen LogP contribution in [0, 0.1) is 0 Å². The van der Waals surface area contributed by atoms with Gasteiger partial charge in [0, 0.05) is 12.2 Å². The Morgan fingerprint density at radius 3 is 2.68 bits per heavy atom. The van der Waals surface area contributed by atoms with Crippen molar-refractivity contribution in [2.45, 2.75) is 12.8 Å². The molecule has 1 aliphatic rings. The summed E-state index contributed by atoms with van der Waals surface area (Å²) in [5.41, 5.74) is 2.84. The number of aryl methyl sites for hydroxylation is 1. The lowest BCUT2D eigenvalue weighted by Gasteiger charge is -2.29. The van der Waals surface area contributed by atoms with Crippen LogP contribution < -0.4 is 15.0 Å². The van der Waals surface area contributed by atoms with Crippen molar-refractivity contribution in [3.8, 4) is 5.75 Å². The number of methoxy groups -OCH3 is 2. The smallest absolute Gasteiger partial charge is 0.337 e. The number of para-hydroxylation sites is 1. The molecule has 25 heavy (non-hydrogen) atoms. The number of amides is 2. The molecule has 3 rings (SSSR count). The number of esters is 1. The van der Waals surface area contributed by atoms with Gasteiger partial charge in [-0.15, -0.1) is 0 Å². The zero-order valence-corrected chi connectivity index (χ0v) is 14.2. The fraction of sp³-hybridized carbons (Fsp3) is 0.263. The Kier molecular flexibility index (Phi) is 4.88. The molecule has 2 amide bonds. The molecule has 0 aliphatic carbocycles. The van der Waals surface area contributed by atoms with Crippen molar-refractivity contribution in [3.05, 3.63) is 53.6 Å². The second kappa shape index (κ2) is 7.25. The molecule has 0 saturated heterocycles. The molecule has 1 heterocycles. The minimum absolute atomic E-state index is 0.257. The normalized spacial score (nSPS) is 13.0. The van der Waals surface area contributed by atoms with Crippen molar-refractivity contribution in [1.82, 2.24) is 0 Å². The average Bonchev–Trinajstić information content (AvgIpc) is 2.66. The number of urea groups is 1. The second-order valence-electron chi connectivity index (χ2n) is 5.72. The van der Waals surface area contributed by atoms with Gasteiger partial charge >= 0.3 is 12.0 Å². The van der Waals surface area contributed by atoms with Crippen LogP contribution in [0.2, 0.25) is 0 Å². The number of fused-ring (bicyclic) bond motifs is 1. The number of nitrogens with one attached hydrogen (secondary N) is 1. The Balaban J connectivity index is 1.87. The van der Waals surface area contributed by atoms with Crippen molar-refractivity contribution in [2.24, 2.45) is 0 Å². The van der Waals surface area contributed by atoms with Gasteiger partial charge in [0.05, 0.1) is 25.5 Å². The minimum Gasteiger partial charge on any atom is -0.495 e. The van der Waals surface area contributed by atoms with E-state index in [9.17, 15) is 9.59 Å². The summed E-state index contributed by atoms with van der Waals surface area (Å²) in [6.45, 7) is 0.641. The monoisotopic (exact) mass is 340 g/mol. The molecule has 0 aromatic heterocycles. The first-order valence-electron chi connectivity index (χ1n) is 8.07. The molecule has 0 spiro atoms. The number of hydrogen-bond acceptors (Lipinski definition) is 4.